The highest BCUT2D eigenvalue weighted by Crippen LogP contribution is 2.31. The van der Waals surface area contributed by atoms with Crippen LogP contribution in [-0.2, 0) is 24.6 Å². The van der Waals surface area contributed by atoms with Crippen molar-refractivity contribution >= 4 is 16.9 Å². The van der Waals surface area contributed by atoms with Gasteiger partial charge in [-0.1, -0.05) is 0 Å². The number of aryl methyl sites for hydroxylation is 1. The molecule has 1 aromatic carbocycles. The van der Waals surface area contributed by atoms with Crippen molar-refractivity contribution in [3.05, 3.63) is 29.6 Å². The first-order chi connectivity index (χ1) is 12.2. The number of amides is 1. The maximum atomic E-state index is 12.8. The number of piperidine rings is 1. The Labute approximate surface area is 148 Å². The molecule has 2 heterocycles. The maximum Gasteiger partial charge on any atom is 0.416 e. The SMILES string of the molecule is Cn1c(CNC(=O)CN2CCC[C@H](O)C2)nc2cc(C(F)(F)F)ccc21. The summed E-state index contributed by atoms with van der Waals surface area (Å²) in [7, 11) is 1.70. The summed E-state index contributed by atoms with van der Waals surface area (Å²) in [6, 6.07) is 3.41. The van der Waals surface area contributed by atoms with Crippen molar-refractivity contribution in [3.63, 3.8) is 0 Å². The topological polar surface area (TPSA) is 70.4 Å². The third-order valence-corrected chi connectivity index (χ3v) is 4.59. The van der Waals surface area contributed by atoms with Crippen LogP contribution >= 0.6 is 0 Å². The van der Waals surface area contributed by atoms with Gasteiger partial charge in [0, 0.05) is 13.6 Å². The summed E-state index contributed by atoms with van der Waals surface area (Å²) >= 11 is 0. The van der Waals surface area contributed by atoms with E-state index in [9.17, 15) is 23.1 Å². The standard InChI is InChI=1S/C17H21F3N4O2/c1-23-14-5-4-11(17(18,19)20)7-13(14)22-15(23)8-21-16(26)10-24-6-2-3-12(25)9-24/h4-5,7,12,25H,2-3,6,8-10H2,1H3,(H,21,26)/t12-/m0/s1. The molecule has 0 bridgehead atoms. The van der Waals surface area contributed by atoms with Crippen LogP contribution in [0.3, 0.4) is 0 Å². The Balaban J connectivity index is 1.65. The zero-order valence-electron chi connectivity index (χ0n) is 14.4. The minimum Gasteiger partial charge on any atom is -0.392 e. The zero-order chi connectivity index (χ0) is 18.9. The third-order valence-electron chi connectivity index (χ3n) is 4.59. The highest BCUT2D eigenvalue weighted by molar-refractivity contribution is 5.79. The molecule has 1 aliphatic rings. The van der Waals surface area contributed by atoms with Crippen LogP contribution in [0.4, 0.5) is 13.2 Å². The molecule has 6 nitrogen and oxygen atoms in total. The van der Waals surface area contributed by atoms with Gasteiger partial charge >= 0.3 is 6.18 Å². The molecule has 0 spiro atoms. The number of benzene rings is 1. The van der Waals surface area contributed by atoms with Crippen LogP contribution in [0.5, 0.6) is 0 Å². The number of likely N-dealkylation sites (tertiary alicyclic amines) is 1. The van der Waals surface area contributed by atoms with E-state index in [1.54, 1.807) is 11.6 Å². The fourth-order valence-electron chi connectivity index (χ4n) is 3.20. The van der Waals surface area contributed by atoms with Crippen LogP contribution in [0.1, 0.15) is 24.2 Å². The fraction of sp³-hybridized carbons (Fsp3) is 0.529. The second-order valence-electron chi connectivity index (χ2n) is 6.60. The number of aromatic nitrogens is 2. The van der Waals surface area contributed by atoms with E-state index in [4.69, 9.17) is 0 Å². The largest absolute Gasteiger partial charge is 0.416 e. The van der Waals surface area contributed by atoms with Crippen molar-refractivity contribution in [3.8, 4) is 0 Å². The van der Waals surface area contributed by atoms with Gasteiger partial charge in [-0.3, -0.25) is 9.69 Å². The smallest absolute Gasteiger partial charge is 0.392 e. The number of hydrogen-bond donors (Lipinski definition) is 2. The Bertz CT molecular complexity index is 803. The van der Waals surface area contributed by atoms with Crippen LogP contribution in [0.25, 0.3) is 11.0 Å². The minimum absolute atomic E-state index is 0.127. The van der Waals surface area contributed by atoms with E-state index < -0.39 is 17.8 Å². The second-order valence-corrected chi connectivity index (χ2v) is 6.60. The van der Waals surface area contributed by atoms with E-state index in [2.05, 4.69) is 10.3 Å². The molecule has 0 saturated carbocycles. The summed E-state index contributed by atoms with van der Waals surface area (Å²) in [6.07, 6.45) is -3.23. The monoisotopic (exact) mass is 370 g/mol. The average Bonchev–Trinajstić information content (AvgIpc) is 2.88. The molecule has 26 heavy (non-hydrogen) atoms. The van der Waals surface area contributed by atoms with Gasteiger partial charge in [0.2, 0.25) is 5.91 Å². The molecule has 0 aliphatic carbocycles. The molecule has 0 unspecified atom stereocenters. The predicted octanol–water partition coefficient (Wildman–Crippen LogP) is 1.66. The van der Waals surface area contributed by atoms with Crippen LogP contribution in [0.15, 0.2) is 18.2 Å². The van der Waals surface area contributed by atoms with Gasteiger partial charge in [-0.25, -0.2) is 4.98 Å². The number of aliphatic hydroxyl groups excluding tert-OH is 1. The molecule has 2 aromatic rings. The molecule has 1 aliphatic heterocycles. The molecule has 1 aromatic heterocycles. The number of fused-ring (bicyclic) bond motifs is 1. The molecular formula is C17H21F3N4O2. The normalized spacial score (nSPS) is 19.0. The Kier molecular flexibility index (Phi) is 5.19. The highest BCUT2D eigenvalue weighted by Gasteiger charge is 2.31. The van der Waals surface area contributed by atoms with Crippen molar-refractivity contribution in [1.82, 2.24) is 19.8 Å². The molecule has 1 atom stereocenters. The lowest BCUT2D eigenvalue weighted by Gasteiger charge is -2.29. The van der Waals surface area contributed by atoms with Crippen molar-refractivity contribution < 1.29 is 23.1 Å². The lowest BCUT2D eigenvalue weighted by atomic mass is 10.1. The van der Waals surface area contributed by atoms with E-state index in [1.165, 1.54) is 6.07 Å². The quantitative estimate of drug-likeness (QED) is 0.859. The highest BCUT2D eigenvalue weighted by atomic mass is 19.4. The van der Waals surface area contributed by atoms with Crippen molar-refractivity contribution in [2.45, 2.75) is 31.7 Å². The van der Waals surface area contributed by atoms with Gasteiger partial charge in [-0.15, -0.1) is 0 Å². The van der Waals surface area contributed by atoms with E-state index in [0.717, 1.165) is 31.5 Å². The molecule has 3 rings (SSSR count). The van der Waals surface area contributed by atoms with E-state index in [1.807, 2.05) is 4.90 Å². The maximum absolute atomic E-state index is 12.8. The molecule has 142 valence electrons. The van der Waals surface area contributed by atoms with E-state index in [-0.39, 0.29) is 24.5 Å². The van der Waals surface area contributed by atoms with Gasteiger partial charge < -0.3 is 15.0 Å². The van der Waals surface area contributed by atoms with Crippen molar-refractivity contribution in [2.75, 3.05) is 19.6 Å². The number of nitrogens with zero attached hydrogens (tertiary/aromatic N) is 3. The molecule has 9 heteroatoms. The predicted molar refractivity (Wildman–Crippen MR) is 89.2 cm³/mol. The van der Waals surface area contributed by atoms with Crippen LogP contribution < -0.4 is 5.32 Å². The summed E-state index contributed by atoms with van der Waals surface area (Å²) in [4.78, 5) is 18.2. The third kappa shape index (κ3) is 4.16. The first-order valence-corrected chi connectivity index (χ1v) is 8.43. The number of β-amino-alcohol motifs (C(OH)–C–C–N with tert-alkyl or cyclic N) is 1. The summed E-state index contributed by atoms with van der Waals surface area (Å²) in [6.45, 7) is 1.54. The number of nitrogens with one attached hydrogen (secondary N) is 1. The van der Waals surface area contributed by atoms with Gasteiger partial charge in [-0.05, 0) is 37.6 Å². The van der Waals surface area contributed by atoms with Crippen molar-refractivity contribution in [2.24, 2.45) is 7.05 Å². The number of imidazole rings is 1. The number of halogens is 3. The molecule has 1 amide bonds. The average molecular weight is 370 g/mol. The molecule has 2 N–H and O–H groups in total. The number of alkyl halides is 3. The van der Waals surface area contributed by atoms with Gasteiger partial charge in [-0.2, -0.15) is 13.2 Å². The lowest BCUT2D eigenvalue weighted by molar-refractivity contribution is -0.137. The van der Waals surface area contributed by atoms with Gasteiger partial charge in [0.15, 0.2) is 0 Å². The molecule has 0 radical (unpaired) electrons. The van der Waals surface area contributed by atoms with Gasteiger partial charge in [0.25, 0.3) is 0 Å². The molecule has 1 saturated heterocycles. The van der Waals surface area contributed by atoms with Crippen LogP contribution in [0.2, 0.25) is 0 Å². The Morgan fingerprint density at radius 3 is 2.88 bits per heavy atom. The Morgan fingerprint density at radius 2 is 2.19 bits per heavy atom. The minimum atomic E-state index is -4.42. The van der Waals surface area contributed by atoms with Crippen molar-refractivity contribution in [1.29, 1.82) is 0 Å². The Morgan fingerprint density at radius 1 is 1.42 bits per heavy atom. The summed E-state index contributed by atoms with van der Waals surface area (Å²) in [5, 5.41) is 12.4. The first-order valence-electron chi connectivity index (χ1n) is 8.43. The summed E-state index contributed by atoms with van der Waals surface area (Å²) in [5.41, 5.74) is 0.0643. The lowest BCUT2D eigenvalue weighted by Crippen LogP contribution is -2.44. The summed E-state index contributed by atoms with van der Waals surface area (Å²) < 4.78 is 40.1. The number of hydrogen-bond acceptors (Lipinski definition) is 4. The fourth-order valence-corrected chi connectivity index (χ4v) is 3.20. The first kappa shape index (κ1) is 18.7. The van der Waals surface area contributed by atoms with Gasteiger partial charge in [0.1, 0.15) is 5.82 Å². The number of rotatable bonds is 4. The number of carbonyl (C=O) groups is 1. The van der Waals surface area contributed by atoms with Crippen LogP contribution in [0, 0.1) is 0 Å². The number of carbonyl (C=O) groups excluding carboxylic acids is 1. The van der Waals surface area contributed by atoms with E-state index >= 15 is 0 Å². The van der Waals surface area contributed by atoms with Gasteiger partial charge in [0.05, 0.1) is 35.8 Å². The number of aliphatic hydroxyl groups is 1. The molecular weight excluding hydrogens is 349 g/mol. The van der Waals surface area contributed by atoms with E-state index in [0.29, 0.717) is 17.9 Å². The zero-order valence-corrected chi connectivity index (χ0v) is 14.4. The molecule has 1 fully saturated rings. The Hall–Kier alpha value is -2.13. The van der Waals surface area contributed by atoms with Crippen LogP contribution in [-0.4, -0.2) is 51.2 Å². The summed E-state index contributed by atoms with van der Waals surface area (Å²) in [5.74, 6) is 0.272. The second kappa shape index (κ2) is 7.24.